The van der Waals surface area contributed by atoms with Gasteiger partial charge < -0.3 is 0 Å². The molecule has 0 aliphatic rings. The number of hydrogen-bond donors (Lipinski definition) is 0. The fraction of sp³-hybridized carbons (Fsp3) is 0.231. The largest absolute Gasteiger partial charge is 0.348 e. The molecule has 0 N–H and O–H groups in total. The number of aromatic nitrogens is 2. The van der Waals surface area contributed by atoms with E-state index in [0.717, 1.165) is 14.6 Å². The first-order valence-electron chi connectivity index (χ1n) is 5.57. The third-order valence-electron chi connectivity index (χ3n) is 2.87. The van der Waals surface area contributed by atoms with E-state index in [-0.39, 0.29) is 18.1 Å². The third-order valence-corrected chi connectivity index (χ3v) is 4.51. The number of halogens is 3. The highest BCUT2D eigenvalue weighted by atomic mass is 79.9. The van der Waals surface area contributed by atoms with E-state index < -0.39 is 0 Å². The number of nitrogens with zero attached hydrogens (tertiary/aromatic N) is 2. The standard InChI is InChI=1S/C13H11Br2FN2O/c1-7-12(15)8(2)18(13(19)17-7)6-9-5-10(14)3-4-11(9)16/h3-5H,6H2,1-2H3. The quantitative estimate of drug-likeness (QED) is 0.786. The minimum Gasteiger partial charge on any atom is -0.291 e. The zero-order valence-corrected chi connectivity index (χ0v) is 13.5. The summed E-state index contributed by atoms with van der Waals surface area (Å²) in [6.07, 6.45) is 0. The molecule has 1 aromatic heterocycles. The highest BCUT2D eigenvalue weighted by Gasteiger charge is 2.11. The van der Waals surface area contributed by atoms with Gasteiger partial charge in [0.05, 0.1) is 16.7 Å². The normalized spacial score (nSPS) is 10.8. The summed E-state index contributed by atoms with van der Waals surface area (Å²) in [7, 11) is 0. The maximum Gasteiger partial charge on any atom is 0.348 e. The first kappa shape index (κ1) is 14.4. The SMILES string of the molecule is Cc1nc(=O)n(Cc2cc(Br)ccc2F)c(C)c1Br. The molecule has 0 bridgehead atoms. The van der Waals surface area contributed by atoms with E-state index >= 15 is 0 Å². The molecule has 0 saturated carbocycles. The summed E-state index contributed by atoms with van der Waals surface area (Å²) in [5.74, 6) is -0.341. The van der Waals surface area contributed by atoms with Gasteiger partial charge in [-0.3, -0.25) is 4.57 Å². The molecule has 0 saturated heterocycles. The molecule has 0 amide bonds. The number of hydrogen-bond acceptors (Lipinski definition) is 2. The molecule has 100 valence electrons. The Morgan fingerprint density at radius 1 is 1.32 bits per heavy atom. The minimum absolute atomic E-state index is 0.155. The fourth-order valence-corrected chi connectivity index (χ4v) is 2.51. The van der Waals surface area contributed by atoms with Gasteiger partial charge in [-0.25, -0.2) is 9.18 Å². The summed E-state index contributed by atoms with van der Waals surface area (Å²) in [6, 6.07) is 4.66. The van der Waals surface area contributed by atoms with Crippen LogP contribution in [0, 0.1) is 19.7 Å². The van der Waals surface area contributed by atoms with Crippen molar-refractivity contribution in [1.82, 2.24) is 9.55 Å². The third kappa shape index (κ3) is 2.95. The molecule has 2 aromatic rings. The smallest absolute Gasteiger partial charge is 0.291 e. The Kier molecular flexibility index (Phi) is 4.20. The van der Waals surface area contributed by atoms with E-state index in [4.69, 9.17) is 0 Å². The van der Waals surface area contributed by atoms with Gasteiger partial charge in [0.2, 0.25) is 0 Å². The van der Waals surface area contributed by atoms with Gasteiger partial charge in [-0.2, -0.15) is 4.98 Å². The van der Waals surface area contributed by atoms with Gasteiger partial charge in [-0.1, -0.05) is 15.9 Å². The van der Waals surface area contributed by atoms with Crippen LogP contribution in [0.3, 0.4) is 0 Å². The van der Waals surface area contributed by atoms with E-state index in [1.807, 2.05) is 0 Å². The molecule has 0 radical (unpaired) electrons. The summed E-state index contributed by atoms with van der Waals surface area (Å²) in [6.45, 7) is 3.71. The average Bonchev–Trinajstić information content (AvgIpc) is 2.36. The Hall–Kier alpha value is -1.01. The zero-order chi connectivity index (χ0) is 14.2. The lowest BCUT2D eigenvalue weighted by Crippen LogP contribution is -2.27. The van der Waals surface area contributed by atoms with Gasteiger partial charge in [-0.15, -0.1) is 0 Å². The predicted octanol–water partition coefficient (Wildman–Crippen LogP) is 3.57. The zero-order valence-electron chi connectivity index (χ0n) is 10.4. The van der Waals surface area contributed by atoms with Crippen LogP contribution >= 0.6 is 31.9 Å². The molecule has 3 nitrogen and oxygen atoms in total. The summed E-state index contributed by atoms with van der Waals surface area (Å²) < 4.78 is 16.7. The van der Waals surface area contributed by atoms with Crippen molar-refractivity contribution in [2.45, 2.75) is 20.4 Å². The second-order valence-electron chi connectivity index (χ2n) is 4.20. The maximum absolute atomic E-state index is 13.7. The Balaban J connectivity index is 2.53. The molecule has 1 aromatic carbocycles. The average molecular weight is 390 g/mol. The van der Waals surface area contributed by atoms with Crippen molar-refractivity contribution in [2.24, 2.45) is 0 Å². The van der Waals surface area contributed by atoms with E-state index in [1.54, 1.807) is 26.0 Å². The van der Waals surface area contributed by atoms with E-state index in [0.29, 0.717) is 11.3 Å². The van der Waals surface area contributed by atoms with Crippen LogP contribution in [-0.4, -0.2) is 9.55 Å². The van der Waals surface area contributed by atoms with Crippen LogP contribution in [0.5, 0.6) is 0 Å². The van der Waals surface area contributed by atoms with Crippen molar-refractivity contribution in [2.75, 3.05) is 0 Å². The molecular weight excluding hydrogens is 379 g/mol. The first-order valence-corrected chi connectivity index (χ1v) is 7.16. The molecule has 0 spiro atoms. The highest BCUT2D eigenvalue weighted by molar-refractivity contribution is 9.10. The van der Waals surface area contributed by atoms with Crippen molar-refractivity contribution in [3.63, 3.8) is 0 Å². The van der Waals surface area contributed by atoms with Crippen LogP contribution in [0.1, 0.15) is 17.0 Å². The molecule has 2 rings (SSSR count). The van der Waals surface area contributed by atoms with Crippen LogP contribution in [0.2, 0.25) is 0 Å². The van der Waals surface area contributed by atoms with Gasteiger partial charge in [-0.05, 0) is 48.0 Å². The number of rotatable bonds is 2. The second-order valence-corrected chi connectivity index (χ2v) is 5.91. The molecule has 0 aliphatic carbocycles. The molecule has 0 unspecified atom stereocenters. The lowest BCUT2D eigenvalue weighted by Gasteiger charge is -2.12. The minimum atomic E-state index is -0.377. The van der Waals surface area contributed by atoms with Crippen LogP contribution < -0.4 is 5.69 Å². The maximum atomic E-state index is 13.7. The molecule has 19 heavy (non-hydrogen) atoms. The number of aryl methyl sites for hydroxylation is 1. The van der Waals surface area contributed by atoms with Crippen LogP contribution in [-0.2, 0) is 6.54 Å². The molecule has 0 aliphatic heterocycles. The van der Waals surface area contributed by atoms with Crippen molar-refractivity contribution in [3.05, 3.63) is 60.4 Å². The lowest BCUT2D eigenvalue weighted by molar-refractivity contribution is 0.587. The Labute approximate surface area is 126 Å². The van der Waals surface area contributed by atoms with E-state index in [1.165, 1.54) is 10.6 Å². The van der Waals surface area contributed by atoms with Gasteiger partial charge in [0.25, 0.3) is 0 Å². The monoisotopic (exact) mass is 388 g/mol. The van der Waals surface area contributed by atoms with E-state index in [9.17, 15) is 9.18 Å². The Bertz CT molecular complexity index is 698. The van der Waals surface area contributed by atoms with Crippen molar-refractivity contribution in [1.29, 1.82) is 0 Å². The van der Waals surface area contributed by atoms with Gasteiger partial charge in [0, 0.05) is 15.7 Å². The summed E-state index contributed by atoms with van der Waals surface area (Å²) in [4.78, 5) is 15.8. The molecular formula is C13H11Br2FN2O. The first-order chi connectivity index (χ1) is 8.90. The van der Waals surface area contributed by atoms with Crippen LogP contribution in [0.25, 0.3) is 0 Å². The van der Waals surface area contributed by atoms with Gasteiger partial charge in [0.15, 0.2) is 0 Å². The second kappa shape index (κ2) is 5.54. The Morgan fingerprint density at radius 3 is 2.68 bits per heavy atom. The summed E-state index contributed by atoms with van der Waals surface area (Å²) in [5.41, 5.74) is 1.43. The fourth-order valence-electron chi connectivity index (χ4n) is 1.80. The van der Waals surface area contributed by atoms with Crippen LogP contribution in [0.15, 0.2) is 31.9 Å². The van der Waals surface area contributed by atoms with Gasteiger partial charge in [0.1, 0.15) is 5.82 Å². The summed E-state index contributed by atoms with van der Waals surface area (Å²) >= 11 is 6.68. The van der Waals surface area contributed by atoms with Gasteiger partial charge >= 0.3 is 5.69 Å². The number of benzene rings is 1. The highest BCUT2D eigenvalue weighted by Crippen LogP contribution is 2.20. The molecule has 0 fully saturated rings. The van der Waals surface area contributed by atoms with Crippen molar-refractivity contribution in [3.8, 4) is 0 Å². The summed E-state index contributed by atoms with van der Waals surface area (Å²) in [5, 5.41) is 0. The molecule has 1 heterocycles. The molecule has 0 atom stereocenters. The molecule has 6 heteroatoms. The predicted molar refractivity (Wildman–Crippen MR) is 78.9 cm³/mol. The topological polar surface area (TPSA) is 34.9 Å². The lowest BCUT2D eigenvalue weighted by atomic mass is 10.2. The Morgan fingerprint density at radius 2 is 2.00 bits per heavy atom. The van der Waals surface area contributed by atoms with Crippen molar-refractivity contribution >= 4 is 31.9 Å². The van der Waals surface area contributed by atoms with E-state index in [2.05, 4.69) is 36.8 Å². The van der Waals surface area contributed by atoms with Crippen LogP contribution in [0.4, 0.5) is 4.39 Å². The van der Waals surface area contributed by atoms with Crippen molar-refractivity contribution < 1.29 is 4.39 Å².